The van der Waals surface area contributed by atoms with Crippen LogP contribution in [-0.2, 0) is 9.53 Å². The SMILES string of the molecule is COc1ccccc1[C@H](C)[C@H](C)OC(=O)[C@H](C)NC(=O)c1nccc(OC)c1O. The van der Waals surface area contributed by atoms with Gasteiger partial charge in [-0.05, 0) is 19.9 Å². The van der Waals surface area contributed by atoms with Crippen LogP contribution in [0.15, 0.2) is 36.5 Å². The molecule has 3 atom stereocenters. The fourth-order valence-corrected chi connectivity index (χ4v) is 2.77. The highest BCUT2D eigenvalue weighted by Crippen LogP contribution is 2.30. The minimum Gasteiger partial charge on any atom is -0.503 e. The standard InChI is InChI=1S/C21H26N2O6/c1-12(15-8-6-7-9-16(15)27-4)14(3)29-21(26)13(2)23-20(25)18-19(24)17(28-5)10-11-22-18/h6-14,24H,1-5H3,(H,23,25)/t12-,13+,14+/m1/s1. The van der Waals surface area contributed by atoms with Gasteiger partial charge in [-0.3, -0.25) is 4.79 Å². The monoisotopic (exact) mass is 402 g/mol. The minimum absolute atomic E-state index is 0.111. The van der Waals surface area contributed by atoms with Crippen molar-refractivity contribution in [1.82, 2.24) is 10.3 Å². The predicted octanol–water partition coefficient (Wildman–Crippen LogP) is 2.66. The molecule has 1 heterocycles. The number of rotatable bonds is 8. The van der Waals surface area contributed by atoms with Crippen LogP contribution in [0.4, 0.5) is 0 Å². The summed E-state index contributed by atoms with van der Waals surface area (Å²) in [5, 5.41) is 12.5. The van der Waals surface area contributed by atoms with Gasteiger partial charge in [0.1, 0.15) is 17.9 Å². The van der Waals surface area contributed by atoms with Gasteiger partial charge in [-0.15, -0.1) is 0 Å². The number of carbonyl (C=O) groups excluding carboxylic acids is 2. The number of para-hydroxylation sites is 1. The van der Waals surface area contributed by atoms with Crippen LogP contribution in [0, 0.1) is 0 Å². The van der Waals surface area contributed by atoms with Crippen LogP contribution in [0.1, 0.15) is 42.7 Å². The first kappa shape index (κ1) is 22.0. The van der Waals surface area contributed by atoms with Gasteiger partial charge in [0.2, 0.25) is 0 Å². The molecule has 1 aromatic carbocycles. The minimum atomic E-state index is -0.942. The summed E-state index contributed by atoms with van der Waals surface area (Å²) in [7, 11) is 2.95. The molecule has 0 aliphatic rings. The molecule has 0 aliphatic carbocycles. The molecule has 0 saturated heterocycles. The maximum Gasteiger partial charge on any atom is 0.328 e. The van der Waals surface area contributed by atoms with Crippen molar-refractivity contribution in [2.45, 2.75) is 38.8 Å². The molecule has 8 nitrogen and oxygen atoms in total. The zero-order valence-corrected chi connectivity index (χ0v) is 17.1. The number of benzene rings is 1. The Morgan fingerprint density at radius 2 is 1.69 bits per heavy atom. The van der Waals surface area contributed by atoms with E-state index in [4.69, 9.17) is 14.2 Å². The Morgan fingerprint density at radius 3 is 2.34 bits per heavy atom. The normalized spacial score (nSPS) is 13.7. The maximum atomic E-state index is 12.4. The van der Waals surface area contributed by atoms with Gasteiger partial charge in [-0.1, -0.05) is 25.1 Å². The van der Waals surface area contributed by atoms with Gasteiger partial charge < -0.3 is 24.6 Å². The van der Waals surface area contributed by atoms with Gasteiger partial charge in [0.25, 0.3) is 5.91 Å². The Morgan fingerprint density at radius 1 is 1.03 bits per heavy atom. The summed E-state index contributed by atoms with van der Waals surface area (Å²) in [5.74, 6) is -1.01. The van der Waals surface area contributed by atoms with E-state index < -0.39 is 29.8 Å². The van der Waals surface area contributed by atoms with Crippen molar-refractivity contribution in [3.63, 3.8) is 0 Å². The maximum absolute atomic E-state index is 12.4. The molecule has 0 aliphatic heterocycles. The fraction of sp³-hybridized carbons (Fsp3) is 0.381. The van der Waals surface area contributed by atoms with E-state index in [2.05, 4.69) is 10.3 Å². The average Bonchev–Trinajstić information content (AvgIpc) is 2.72. The third-order valence-corrected chi connectivity index (χ3v) is 4.66. The second kappa shape index (κ2) is 9.77. The number of nitrogens with zero attached hydrogens (tertiary/aromatic N) is 1. The smallest absolute Gasteiger partial charge is 0.328 e. The lowest BCUT2D eigenvalue weighted by atomic mass is 9.95. The van der Waals surface area contributed by atoms with Gasteiger partial charge in [-0.2, -0.15) is 0 Å². The summed E-state index contributed by atoms with van der Waals surface area (Å²) in [6, 6.07) is 7.99. The average molecular weight is 402 g/mol. The highest BCUT2D eigenvalue weighted by atomic mass is 16.5. The van der Waals surface area contributed by atoms with Crippen molar-refractivity contribution in [2.75, 3.05) is 14.2 Å². The molecule has 0 radical (unpaired) electrons. The quantitative estimate of drug-likeness (QED) is 0.654. The summed E-state index contributed by atoms with van der Waals surface area (Å²) in [6.45, 7) is 5.20. The summed E-state index contributed by atoms with van der Waals surface area (Å²) in [6.07, 6.45) is 0.870. The van der Waals surface area contributed by atoms with Gasteiger partial charge in [0.15, 0.2) is 17.2 Å². The number of hydrogen-bond acceptors (Lipinski definition) is 7. The first-order chi connectivity index (χ1) is 13.8. The van der Waals surface area contributed by atoms with Crippen LogP contribution in [0.2, 0.25) is 0 Å². The lowest BCUT2D eigenvalue weighted by molar-refractivity contribution is -0.151. The van der Waals surface area contributed by atoms with E-state index in [0.717, 1.165) is 5.56 Å². The Balaban J connectivity index is 2.02. The first-order valence-corrected chi connectivity index (χ1v) is 9.16. The Labute approximate surface area is 169 Å². The second-order valence-corrected chi connectivity index (χ2v) is 6.58. The van der Waals surface area contributed by atoms with Crippen molar-refractivity contribution >= 4 is 11.9 Å². The number of nitrogens with one attached hydrogen (secondary N) is 1. The van der Waals surface area contributed by atoms with Crippen LogP contribution < -0.4 is 14.8 Å². The molecule has 156 valence electrons. The summed E-state index contributed by atoms with van der Waals surface area (Å²) >= 11 is 0. The zero-order valence-electron chi connectivity index (χ0n) is 17.1. The summed E-state index contributed by atoms with van der Waals surface area (Å²) in [4.78, 5) is 28.6. The third kappa shape index (κ3) is 5.16. The van der Waals surface area contributed by atoms with Crippen molar-refractivity contribution in [2.24, 2.45) is 0 Å². The highest BCUT2D eigenvalue weighted by molar-refractivity contribution is 5.97. The van der Waals surface area contributed by atoms with E-state index in [1.807, 2.05) is 31.2 Å². The van der Waals surface area contributed by atoms with E-state index in [-0.39, 0.29) is 17.4 Å². The van der Waals surface area contributed by atoms with E-state index in [9.17, 15) is 14.7 Å². The van der Waals surface area contributed by atoms with Gasteiger partial charge in [-0.25, -0.2) is 9.78 Å². The van der Waals surface area contributed by atoms with Crippen LogP contribution in [0.3, 0.4) is 0 Å². The number of ether oxygens (including phenoxy) is 3. The summed E-state index contributed by atoms with van der Waals surface area (Å²) < 4.78 is 15.8. The van der Waals surface area contributed by atoms with Crippen molar-refractivity contribution in [3.05, 3.63) is 47.8 Å². The van der Waals surface area contributed by atoms with Crippen LogP contribution in [0.25, 0.3) is 0 Å². The second-order valence-electron chi connectivity index (χ2n) is 6.58. The Bertz CT molecular complexity index is 870. The molecule has 0 spiro atoms. The lowest BCUT2D eigenvalue weighted by Crippen LogP contribution is -2.41. The molecular weight excluding hydrogens is 376 g/mol. The van der Waals surface area contributed by atoms with Crippen molar-refractivity contribution < 1.29 is 28.9 Å². The Hall–Kier alpha value is -3.29. The highest BCUT2D eigenvalue weighted by Gasteiger charge is 2.26. The Kier molecular flexibility index (Phi) is 7.41. The number of carbonyl (C=O) groups is 2. The number of hydrogen-bond donors (Lipinski definition) is 2. The molecule has 2 rings (SSSR count). The molecule has 0 fully saturated rings. The topological polar surface area (TPSA) is 107 Å². The summed E-state index contributed by atoms with van der Waals surface area (Å²) in [5.41, 5.74) is 0.678. The molecule has 1 aromatic heterocycles. The molecule has 0 saturated carbocycles. The number of pyridine rings is 1. The number of methoxy groups -OCH3 is 2. The number of aromatic nitrogens is 1. The molecule has 0 unspecified atom stereocenters. The fourth-order valence-electron chi connectivity index (χ4n) is 2.77. The van der Waals surface area contributed by atoms with Crippen LogP contribution >= 0.6 is 0 Å². The molecule has 29 heavy (non-hydrogen) atoms. The van der Waals surface area contributed by atoms with Crippen LogP contribution in [0.5, 0.6) is 17.2 Å². The number of aromatic hydroxyl groups is 1. The molecule has 1 amide bonds. The number of amides is 1. The van der Waals surface area contributed by atoms with E-state index in [1.165, 1.54) is 26.3 Å². The number of esters is 1. The lowest BCUT2D eigenvalue weighted by Gasteiger charge is -2.24. The van der Waals surface area contributed by atoms with E-state index in [1.54, 1.807) is 14.0 Å². The third-order valence-electron chi connectivity index (χ3n) is 4.66. The molecular formula is C21H26N2O6. The first-order valence-electron chi connectivity index (χ1n) is 9.16. The van der Waals surface area contributed by atoms with Gasteiger partial charge in [0, 0.05) is 23.7 Å². The molecule has 2 N–H and O–H groups in total. The molecule has 0 bridgehead atoms. The van der Waals surface area contributed by atoms with Crippen molar-refractivity contribution in [1.29, 1.82) is 0 Å². The predicted molar refractivity (Wildman–Crippen MR) is 106 cm³/mol. The molecule has 8 heteroatoms. The largest absolute Gasteiger partial charge is 0.503 e. The van der Waals surface area contributed by atoms with Crippen LogP contribution in [-0.4, -0.2) is 48.3 Å². The van der Waals surface area contributed by atoms with Crippen molar-refractivity contribution in [3.8, 4) is 17.2 Å². The van der Waals surface area contributed by atoms with Gasteiger partial charge >= 0.3 is 5.97 Å². The molecule has 2 aromatic rings. The van der Waals surface area contributed by atoms with E-state index >= 15 is 0 Å². The zero-order chi connectivity index (χ0) is 21.6. The van der Waals surface area contributed by atoms with Gasteiger partial charge in [0.05, 0.1) is 14.2 Å². The van der Waals surface area contributed by atoms with E-state index in [0.29, 0.717) is 5.75 Å².